The van der Waals surface area contributed by atoms with E-state index in [9.17, 15) is 14.4 Å². The highest BCUT2D eigenvalue weighted by Gasteiger charge is 2.19. The molecule has 0 aliphatic rings. The number of hydrogen-bond donors (Lipinski definition) is 0. The maximum atomic E-state index is 12.8. The first-order valence-corrected chi connectivity index (χ1v) is 27.6. The lowest BCUT2D eigenvalue weighted by Gasteiger charge is -2.18. The summed E-state index contributed by atoms with van der Waals surface area (Å²) >= 11 is 0. The predicted octanol–water partition coefficient (Wildman–Crippen LogP) is 18.4. The van der Waals surface area contributed by atoms with Gasteiger partial charge in [0, 0.05) is 19.3 Å². The van der Waals surface area contributed by atoms with Crippen LogP contribution in [0.3, 0.4) is 0 Å². The van der Waals surface area contributed by atoms with E-state index < -0.39 is 6.10 Å². The van der Waals surface area contributed by atoms with Crippen LogP contribution in [0.2, 0.25) is 0 Å². The molecule has 0 aromatic rings. The molecule has 1 unspecified atom stereocenters. The number of hydrogen-bond acceptors (Lipinski definition) is 6. The molecule has 0 fully saturated rings. The Bertz CT molecular complexity index is 1290. The normalized spacial score (nSPS) is 12.7. The molecule has 6 heteroatoms. The highest BCUT2D eigenvalue weighted by Crippen LogP contribution is 2.16. The lowest BCUT2D eigenvalue weighted by molar-refractivity contribution is -0.167. The van der Waals surface area contributed by atoms with Gasteiger partial charge in [-0.25, -0.2) is 0 Å². The van der Waals surface area contributed by atoms with Crippen LogP contribution in [-0.4, -0.2) is 37.2 Å². The van der Waals surface area contributed by atoms with Crippen molar-refractivity contribution in [2.45, 2.75) is 264 Å². The quantitative estimate of drug-likeness (QED) is 0.0262. The second-order valence-electron chi connectivity index (χ2n) is 18.1. The molecule has 0 saturated carbocycles. The zero-order chi connectivity index (χ0) is 47.9. The maximum Gasteiger partial charge on any atom is 0.306 e. The first kappa shape index (κ1) is 62.6. The van der Waals surface area contributed by atoms with Crippen molar-refractivity contribution in [2.24, 2.45) is 0 Å². The summed E-state index contributed by atoms with van der Waals surface area (Å²) in [4.78, 5) is 38.0. The van der Waals surface area contributed by atoms with Crippen molar-refractivity contribution in [3.63, 3.8) is 0 Å². The van der Waals surface area contributed by atoms with Gasteiger partial charge in [-0.2, -0.15) is 0 Å². The second-order valence-corrected chi connectivity index (χ2v) is 18.1. The van der Waals surface area contributed by atoms with E-state index in [4.69, 9.17) is 14.2 Å². The number of carbonyl (C=O) groups excluding carboxylic acids is 3. The average molecular weight is 919 g/mol. The predicted molar refractivity (Wildman–Crippen MR) is 284 cm³/mol. The number of allylic oxidation sites excluding steroid dienone is 14. The summed E-state index contributed by atoms with van der Waals surface area (Å²) in [6.45, 7) is 6.37. The molecule has 0 aromatic carbocycles. The van der Waals surface area contributed by atoms with E-state index in [0.29, 0.717) is 19.3 Å². The van der Waals surface area contributed by atoms with Crippen LogP contribution in [0.25, 0.3) is 0 Å². The first-order chi connectivity index (χ1) is 32.5. The average Bonchev–Trinajstić information content (AvgIpc) is 3.31. The van der Waals surface area contributed by atoms with Gasteiger partial charge < -0.3 is 14.2 Å². The molecule has 1 atom stereocenters. The van der Waals surface area contributed by atoms with Crippen LogP contribution in [0, 0.1) is 0 Å². The van der Waals surface area contributed by atoms with E-state index in [1.54, 1.807) is 0 Å². The van der Waals surface area contributed by atoms with Crippen LogP contribution in [0.1, 0.15) is 258 Å². The van der Waals surface area contributed by atoms with Gasteiger partial charge in [-0.05, 0) is 83.5 Å². The Morgan fingerprint density at radius 1 is 0.318 bits per heavy atom. The molecule has 66 heavy (non-hydrogen) atoms. The number of ether oxygens (including phenoxy) is 3. The Hall–Kier alpha value is -3.41. The van der Waals surface area contributed by atoms with E-state index >= 15 is 0 Å². The van der Waals surface area contributed by atoms with Gasteiger partial charge in [-0.3, -0.25) is 14.4 Å². The summed E-state index contributed by atoms with van der Waals surface area (Å²) in [6.07, 6.45) is 70.1. The maximum absolute atomic E-state index is 12.8. The zero-order valence-corrected chi connectivity index (χ0v) is 43.2. The highest BCUT2D eigenvalue weighted by molar-refractivity contribution is 5.71. The summed E-state index contributed by atoms with van der Waals surface area (Å²) in [6, 6.07) is 0. The minimum Gasteiger partial charge on any atom is -0.462 e. The molecule has 0 spiro atoms. The monoisotopic (exact) mass is 919 g/mol. The van der Waals surface area contributed by atoms with Crippen molar-refractivity contribution in [3.8, 4) is 0 Å². The minimum absolute atomic E-state index is 0.102. The van der Waals surface area contributed by atoms with Crippen LogP contribution >= 0.6 is 0 Å². The molecule has 0 aromatic heterocycles. The van der Waals surface area contributed by atoms with Crippen LogP contribution in [-0.2, 0) is 28.6 Å². The largest absolute Gasteiger partial charge is 0.462 e. The van der Waals surface area contributed by atoms with Crippen molar-refractivity contribution in [3.05, 3.63) is 85.1 Å². The molecule has 0 heterocycles. The minimum atomic E-state index is -0.810. The summed E-state index contributed by atoms with van der Waals surface area (Å²) in [7, 11) is 0. The Morgan fingerprint density at radius 2 is 0.606 bits per heavy atom. The van der Waals surface area contributed by atoms with Crippen molar-refractivity contribution in [1.29, 1.82) is 0 Å². The molecule has 0 saturated heterocycles. The topological polar surface area (TPSA) is 78.9 Å². The van der Waals surface area contributed by atoms with Gasteiger partial charge in [0.1, 0.15) is 13.2 Å². The lowest BCUT2D eigenvalue weighted by atomic mass is 10.0. The summed E-state index contributed by atoms with van der Waals surface area (Å²) < 4.78 is 16.8. The van der Waals surface area contributed by atoms with Crippen LogP contribution in [0.15, 0.2) is 85.1 Å². The molecule has 0 rings (SSSR count). The van der Waals surface area contributed by atoms with Gasteiger partial charge in [0.2, 0.25) is 0 Å². The highest BCUT2D eigenvalue weighted by atomic mass is 16.6. The number of unbranched alkanes of at least 4 members (excludes halogenated alkanes) is 24. The summed E-state index contributed by atoms with van der Waals surface area (Å²) in [5.41, 5.74) is 0. The smallest absolute Gasteiger partial charge is 0.306 e. The molecule has 0 bridgehead atoms. The van der Waals surface area contributed by atoms with Crippen LogP contribution in [0.5, 0.6) is 0 Å². The third-order valence-electron chi connectivity index (χ3n) is 11.6. The molecular weight excluding hydrogens is 817 g/mol. The van der Waals surface area contributed by atoms with E-state index in [1.807, 2.05) is 0 Å². The van der Waals surface area contributed by atoms with Crippen molar-refractivity contribution < 1.29 is 28.6 Å². The van der Waals surface area contributed by atoms with Crippen LogP contribution in [0.4, 0.5) is 0 Å². The van der Waals surface area contributed by atoms with E-state index in [1.165, 1.54) is 103 Å². The fourth-order valence-electron chi connectivity index (χ4n) is 7.58. The molecular formula is C60H102O6. The molecule has 0 amide bonds. The molecule has 0 N–H and O–H groups in total. The van der Waals surface area contributed by atoms with Gasteiger partial charge in [-0.15, -0.1) is 0 Å². The third-order valence-corrected chi connectivity index (χ3v) is 11.6. The van der Waals surface area contributed by atoms with Gasteiger partial charge in [-0.1, -0.05) is 241 Å². The fraction of sp³-hybridized carbons (Fsp3) is 0.717. The van der Waals surface area contributed by atoms with Gasteiger partial charge in [0.15, 0.2) is 6.10 Å². The number of rotatable bonds is 49. The van der Waals surface area contributed by atoms with E-state index in [2.05, 4.69) is 106 Å². The SMILES string of the molecule is CC/C=C\C/C=C\C/C=C\C/C=C\C/C=C\CCCC(=O)OC(COC(=O)CCCCCCC/C=C\C/C=C\CC)COC(=O)CCCCCCCCCCCCCCCCCCCCC. The Morgan fingerprint density at radius 3 is 0.970 bits per heavy atom. The van der Waals surface area contributed by atoms with E-state index in [-0.39, 0.29) is 37.5 Å². The molecule has 0 aliphatic carbocycles. The molecule has 378 valence electrons. The lowest BCUT2D eigenvalue weighted by Crippen LogP contribution is -2.30. The Kier molecular flexibility index (Phi) is 51.4. The van der Waals surface area contributed by atoms with Gasteiger partial charge in [0.25, 0.3) is 0 Å². The van der Waals surface area contributed by atoms with Crippen molar-refractivity contribution >= 4 is 17.9 Å². The van der Waals surface area contributed by atoms with Crippen molar-refractivity contribution in [2.75, 3.05) is 13.2 Å². The Labute approximate surface area is 407 Å². The first-order valence-electron chi connectivity index (χ1n) is 27.6. The molecule has 6 nitrogen and oxygen atoms in total. The Balaban J connectivity index is 4.43. The standard InChI is InChI=1S/C60H102O6/c1-4-7-10-13-16-19-22-25-27-29-30-32-33-35-38-41-44-47-50-53-59(62)65-56-57(55-64-58(61)52-49-46-43-40-37-24-21-18-15-12-9-6-3)66-60(63)54-51-48-45-42-39-36-34-31-28-26-23-20-17-14-11-8-5-2/h8-9,11-12,17-18,20-21,26,28,34,36,42,45,57H,4-7,10,13-16,19,22-25,27,29-33,35,37-41,43-44,46-56H2,1-3H3/b11-8-,12-9-,20-17-,21-18-,28-26-,36-34-,45-42-. The zero-order valence-electron chi connectivity index (χ0n) is 43.2. The fourth-order valence-corrected chi connectivity index (χ4v) is 7.58. The number of esters is 3. The molecule has 0 radical (unpaired) electrons. The van der Waals surface area contributed by atoms with Crippen molar-refractivity contribution in [1.82, 2.24) is 0 Å². The second kappa shape index (κ2) is 54.2. The van der Waals surface area contributed by atoms with Gasteiger partial charge in [0.05, 0.1) is 0 Å². The van der Waals surface area contributed by atoms with Gasteiger partial charge >= 0.3 is 17.9 Å². The number of carbonyl (C=O) groups is 3. The summed E-state index contributed by atoms with van der Waals surface area (Å²) in [5, 5.41) is 0. The van der Waals surface area contributed by atoms with E-state index in [0.717, 1.165) is 109 Å². The molecule has 0 aliphatic heterocycles. The summed E-state index contributed by atoms with van der Waals surface area (Å²) in [5.74, 6) is -0.972. The van der Waals surface area contributed by atoms with Crippen LogP contribution < -0.4 is 0 Å². The third kappa shape index (κ3) is 51.6.